The van der Waals surface area contributed by atoms with Crippen molar-refractivity contribution in [3.8, 4) is 0 Å². The van der Waals surface area contributed by atoms with Crippen molar-refractivity contribution in [2.75, 3.05) is 14.1 Å². The van der Waals surface area contributed by atoms with Crippen molar-refractivity contribution >= 4 is 11.9 Å². The predicted octanol–water partition coefficient (Wildman–Crippen LogP) is 2.50. The lowest BCUT2D eigenvalue weighted by atomic mass is 9.71. The zero-order valence-corrected chi connectivity index (χ0v) is 14.1. The van der Waals surface area contributed by atoms with Gasteiger partial charge in [0.25, 0.3) is 5.91 Å². The summed E-state index contributed by atoms with van der Waals surface area (Å²) in [5.74, 6) is -1.26. The third kappa shape index (κ3) is 2.10. The minimum absolute atomic E-state index is 0.414. The molecule has 2 aromatic rings. The van der Waals surface area contributed by atoms with Crippen LogP contribution in [0.4, 0.5) is 13.6 Å². The maximum atomic E-state index is 13.4. The second-order valence-corrected chi connectivity index (χ2v) is 6.52. The van der Waals surface area contributed by atoms with Gasteiger partial charge in [-0.1, -0.05) is 24.3 Å². The summed E-state index contributed by atoms with van der Waals surface area (Å²) in [5, 5.41) is 0. The van der Waals surface area contributed by atoms with Crippen LogP contribution in [0.25, 0.3) is 0 Å². The van der Waals surface area contributed by atoms with Crippen molar-refractivity contribution in [1.82, 2.24) is 9.80 Å². The first-order valence-corrected chi connectivity index (χ1v) is 8.10. The summed E-state index contributed by atoms with van der Waals surface area (Å²) < 4.78 is 32.9. The predicted molar refractivity (Wildman–Crippen MR) is 88.2 cm³/mol. The number of hydrogen-bond acceptors (Lipinski definition) is 3. The van der Waals surface area contributed by atoms with Crippen LogP contribution in [-0.4, -0.2) is 48.0 Å². The van der Waals surface area contributed by atoms with E-state index in [-0.39, 0.29) is 0 Å². The number of hydrogen-bond donors (Lipinski definition) is 0. The molecular weight excluding hydrogens is 342 g/mol. The van der Waals surface area contributed by atoms with E-state index in [9.17, 15) is 18.4 Å². The summed E-state index contributed by atoms with van der Waals surface area (Å²) in [7, 11) is 2.99. The van der Waals surface area contributed by atoms with Crippen LogP contribution in [0, 0.1) is 11.6 Å². The Morgan fingerprint density at radius 1 is 0.885 bits per heavy atom. The highest BCUT2D eigenvalue weighted by atomic mass is 19.1. The van der Waals surface area contributed by atoms with Gasteiger partial charge in [0, 0.05) is 14.1 Å². The highest BCUT2D eigenvalue weighted by molar-refractivity contribution is 6.00. The van der Waals surface area contributed by atoms with E-state index in [0.717, 1.165) is 4.90 Å². The summed E-state index contributed by atoms with van der Waals surface area (Å²) in [6.45, 7) is 0. The molecule has 3 amide bonds. The van der Waals surface area contributed by atoms with Crippen molar-refractivity contribution in [3.05, 3.63) is 71.3 Å². The molecule has 4 rings (SSSR count). The Morgan fingerprint density at radius 3 is 1.81 bits per heavy atom. The first kappa shape index (κ1) is 16.7. The Morgan fingerprint density at radius 2 is 1.35 bits per heavy atom. The highest BCUT2D eigenvalue weighted by Crippen LogP contribution is 2.51. The molecule has 2 aliphatic rings. The first-order valence-electron chi connectivity index (χ1n) is 8.10. The van der Waals surface area contributed by atoms with Gasteiger partial charge in [0.05, 0.1) is 0 Å². The summed E-state index contributed by atoms with van der Waals surface area (Å²) in [5.41, 5.74) is 0.000414. The van der Waals surface area contributed by atoms with Gasteiger partial charge in [0.2, 0.25) is 0 Å². The van der Waals surface area contributed by atoms with E-state index in [4.69, 9.17) is 4.74 Å². The number of nitrogens with zero attached hydrogens (tertiary/aromatic N) is 2. The smallest absolute Gasteiger partial charge is 0.326 e. The molecule has 2 aromatic carbocycles. The van der Waals surface area contributed by atoms with E-state index < -0.39 is 41.3 Å². The zero-order chi connectivity index (χ0) is 18.6. The minimum Gasteiger partial charge on any atom is -0.348 e. The monoisotopic (exact) mass is 358 g/mol. The van der Waals surface area contributed by atoms with Crippen molar-refractivity contribution in [3.63, 3.8) is 0 Å². The lowest BCUT2D eigenvalue weighted by Gasteiger charge is -2.60. The van der Waals surface area contributed by atoms with Crippen LogP contribution in [0.3, 0.4) is 0 Å². The van der Waals surface area contributed by atoms with Gasteiger partial charge in [-0.3, -0.25) is 9.69 Å². The molecule has 26 heavy (non-hydrogen) atoms. The van der Waals surface area contributed by atoms with Gasteiger partial charge in [0.15, 0.2) is 6.10 Å². The third-order valence-electron chi connectivity index (χ3n) is 5.14. The summed E-state index contributed by atoms with van der Waals surface area (Å²) >= 11 is 0. The number of benzene rings is 2. The minimum atomic E-state index is -1.17. The topological polar surface area (TPSA) is 49.9 Å². The van der Waals surface area contributed by atoms with Crippen LogP contribution < -0.4 is 0 Å². The van der Waals surface area contributed by atoms with E-state index in [1.54, 1.807) is 31.3 Å². The molecular formula is C19H16F2N2O3. The number of carbonyl (C=O) groups is 2. The Hall–Kier alpha value is -2.80. The van der Waals surface area contributed by atoms with Crippen LogP contribution >= 0.6 is 0 Å². The van der Waals surface area contributed by atoms with Gasteiger partial charge < -0.3 is 9.64 Å². The SMILES string of the molecule is CN1C(=O)[C@@H]2OC(c3ccc(F)cc3)(c3ccc(F)cc3)[C@@H]2N(C)C1=O. The number of halogens is 2. The molecule has 2 fully saturated rings. The average Bonchev–Trinajstić information content (AvgIpc) is 2.61. The highest BCUT2D eigenvalue weighted by Gasteiger charge is 2.66. The Balaban J connectivity index is 1.88. The molecule has 0 radical (unpaired) electrons. The molecule has 2 heterocycles. The van der Waals surface area contributed by atoms with Crippen molar-refractivity contribution in [2.24, 2.45) is 0 Å². The molecule has 2 aliphatic heterocycles. The quantitative estimate of drug-likeness (QED) is 0.829. The van der Waals surface area contributed by atoms with E-state index in [2.05, 4.69) is 0 Å². The molecule has 0 bridgehead atoms. The molecule has 134 valence electrons. The molecule has 2 atom stereocenters. The number of amides is 3. The van der Waals surface area contributed by atoms with E-state index in [0.29, 0.717) is 11.1 Å². The average molecular weight is 358 g/mol. The van der Waals surface area contributed by atoms with Gasteiger partial charge >= 0.3 is 6.03 Å². The largest absolute Gasteiger partial charge is 0.348 e. The van der Waals surface area contributed by atoms with Crippen LogP contribution in [-0.2, 0) is 15.1 Å². The second kappa shape index (κ2) is 5.60. The normalized spacial score (nSPS) is 24.3. The van der Waals surface area contributed by atoms with Gasteiger partial charge in [-0.15, -0.1) is 0 Å². The van der Waals surface area contributed by atoms with Crippen molar-refractivity contribution < 1.29 is 23.1 Å². The van der Waals surface area contributed by atoms with E-state index in [1.807, 2.05) is 0 Å². The lowest BCUT2D eigenvalue weighted by molar-refractivity contribution is -0.247. The fourth-order valence-electron chi connectivity index (χ4n) is 3.82. The van der Waals surface area contributed by atoms with E-state index in [1.165, 1.54) is 36.2 Å². The molecule has 0 aliphatic carbocycles. The lowest BCUT2D eigenvalue weighted by Crippen LogP contribution is -2.77. The van der Waals surface area contributed by atoms with E-state index >= 15 is 0 Å². The van der Waals surface area contributed by atoms with Gasteiger partial charge in [-0.2, -0.15) is 0 Å². The molecule has 2 saturated heterocycles. The van der Waals surface area contributed by atoms with Crippen LogP contribution in [0.15, 0.2) is 48.5 Å². The fourth-order valence-corrected chi connectivity index (χ4v) is 3.82. The fraction of sp³-hybridized carbons (Fsp3) is 0.263. The number of urea groups is 1. The number of likely N-dealkylation sites (N-methyl/N-ethyl adjacent to an activating group) is 2. The van der Waals surface area contributed by atoms with Gasteiger partial charge in [0.1, 0.15) is 23.3 Å². The Labute approximate surface area is 148 Å². The van der Waals surface area contributed by atoms with Crippen molar-refractivity contribution in [1.29, 1.82) is 0 Å². The van der Waals surface area contributed by atoms with Crippen molar-refractivity contribution in [2.45, 2.75) is 17.7 Å². The van der Waals surface area contributed by atoms with Gasteiger partial charge in [-0.25, -0.2) is 13.6 Å². The maximum absolute atomic E-state index is 13.4. The molecule has 0 aromatic heterocycles. The molecule has 7 heteroatoms. The summed E-state index contributed by atoms with van der Waals surface area (Å²) in [6, 6.07) is 10.3. The standard InChI is InChI=1S/C19H16F2N2O3/c1-22-16-15(17(24)23(2)18(22)25)26-19(16,11-3-7-13(20)8-4-11)12-5-9-14(21)10-6-12/h3-10,15-16H,1-2H3/t15-,16-/m1/s1. The Bertz CT molecular complexity index is 819. The van der Waals surface area contributed by atoms with Crippen LogP contribution in [0.1, 0.15) is 11.1 Å². The number of rotatable bonds is 2. The maximum Gasteiger partial charge on any atom is 0.326 e. The van der Waals surface area contributed by atoms with Gasteiger partial charge in [-0.05, 0) is 35.4 Å². The number of fused-ring (bicyclic) bond motifs is 1. The second-order valence-electron chi connectivity index (χ2n) is 6.52. The Kier molecular flexibility index (Phi) is 3.59. The first-order chi connectivity index (χ1) is 12.4. The molecule has 0 spiro atoms. The molecule has 5 nitrogen and oxygen atoms in total. The molecule has 0 unspecified atom stereocenters. The zero-order valence-electron chi connectivity index (χ0n) is 14.1. The number of imide groups is 1. The summed E-state index contributed by atoms with van der Waals surface area (Å²) in [6.07, 6.45) is -0.835. The number of carbonyl (C=O) groups excluding carboxylic acids is 2. The summed E-state index contributed by atoms with van der Waals surface area (Å²) in [4.78, 5) is 27.3. The van der Waals surface area contributed by atoms with Crippen LogP contribution in [0.2, 0.25) is 0 Å². The third-order valence-corrected chi connectivity index (χ3v) is 5.14. The molecule has 0 N–H and O–H groups in total. The number of ether oxygens (including phenoxy) is 1. The van der Waals surface area contributed by atoms with Crippen LogP contribution in [0.5, 0.6) is 0 Å². The molecule has 0 saturated carbocycles.